The van der Waals surface area contributed by atoms with E-state index in [9.17, 15) is 0 Å². The van der Waals surface area contributed by atoms with Crippen molar-refractivity contribution in [1.82, 2.24) is 4.98 Å². The molecular weight excluding hydrogens is 208 g/mol. The molecule has 4 heteroatoms. The van der Waals surface area contributed by atoms with Crippen molar-refractivity contribution in [3.63, 3.8) is 0 Å². The van der Waals surface area contributed by atoms with Crippen LogP contribution in [0.1, 0.15) is 10.4 Å². The van der Waals surface area contributed by atoms with Gasteiger partial charge in [-0.3, -0.25) is 4.98 Å². The van der Waals surface area contributed by atoms with Gasteiger partial charge in [-0.2, -0.15) is 0 Å². The van der Waals surface area contributed by atoms with Crippen LogP contribution in [-0.2, 0) is 4.74 Å². The number of rotatable bonds is 1. The molecule has 0 amide bonds. The number of aryl methyl sites for hydroxylation is 1. The third kappa shape index (κ3) is 1.41. The average Bonchev–Trinajstić information content (AvgIpc) is 2.86. The lowest BCUT2D eigenvalue weighted by Gasteiger charge is -1.94. The van der Waals surface area contributed by atoms with E-state index in [1.54, 1.807) is 11.3 Å². The molecule has 2 aromatic heterocycles. The fraction of sp³-hybridized carbons (Fsp3) is 0.273. The van der Waals surface area contributed by atoms with Crippen LogP contribution in [-0.4, -0.2) is 24.0 Å². The van der Waals surface area contributed by atoms with Crippen LogP contribution in [0.2, 0.25) is 0 Å². The summed E-state index contributed by atoms with van der Waals surface area (Å²) in [5.74, 6) is 0.788. The summed E-state index contributed by atoms with van der Waals surface area (Å²) in [7, 11) is 0. The van der Waals surface area contributed by atoms with Crippen molar-refractivity contribution in [3.8, 4) is 0 Å². The topological polar surface area (TPSA) is 34.5 Å². The van der Waals surface area contributed by atoms with E-state index in [0.717, 1.165) is 17.3 Å². The molecule has 0 saturated heterocycles. The standard InChI is InChI=1S/C11H10N2OS/c1-7-5-12-6-10-8(7)4-9(15-10)11-13-2-3-14-11/h4-6H,2-3H2,1H3. The average molecular weight is 218 g/mol. The maximum absolute atomic E-state index is 5.45. The highest BCUT2D eigenvalue weighted by molar-refractivity contribution is 7.20. The molecule has 0 spiro atoms. The van der Waals surface area contributed by atoms with Crippen LogP contribution < -0.4 is 0 Å². The lowest BCUT2D eigenvalue weighted by atomic mass is 10.2. The zero-order chi connectivity index (χ0) is 10.3. The van der Waals surface area contributed by atoms with Gasteiger partial charge < -0.3 is 4.74 Å². The summed E-state index contributed by atoms with van der Waals surface area (Å²) in [4.78, 5) is 9.61. The maximum Gasteiger partial charge on any atom is 0.226 e. The smallest absolute Gasteiger partial charge is 0.226 e. The Kier molecular flexibility index (Phi) is 1.95. The molecule has 0 fully saturated rings. The number of nitrogens with zero attached hydrogens (tertiary/aromatic N) is 2. The molecule has 3 nitrogen and oxygen atoms in total. The van der Waals surface area contributed by atoms with Crippen LogP contribution in [0, 0.1) is 6.92 Å². The van der Waals surface area contributed by atoms with E-state index < -0.39 is 0 Å². The van der Waals surface area contributed by atoms with E-state index in [-0.39, 0.29) is 0 Å². The highest BCUT2D eigenvalue weighted by atomic mass is 32.1. The molecule has 1 aliphatic rings. The quantitative estimate of drug-likeness (QED) is 0.736. The van der Waals surface area contributed by atoms with Gasteiger partial charge in [0.2, 0.25) is 5.90 Å². The zero-order valence-electron chi connectivity index (χ0n) is 8.36. The first-order chi connectivity index (χ1) is 7.34. The van der Waals surface area contributed by atoms with Gasteiger partial charge in [0, 0.05) is 12.4 Å². The molecule has 2 aromatic rings. The molecule has 0 saturated carbocycles. The molecule has 0 bridgehead atoms. The van der Waals surface area contributed by atoms with Gasteiger partial charge in [0.15, 0.2) is 0 Å². The molecule has 1 aliphatic heterocycles. The third-order valence-electron chi connectivity index (χ3n) is 2.44. The highest BCUT2D eigenvalue weighted by Gasteiger charge is 2.14. The van der Waals surface area contributed by atoms with Crippen LogP contribution >= 0.6 is 11.3 Å². The Morgan fingerprint density at radius 1 is 1.40 bits per heavy atom. The van der Waals surface area contributed by atoms with Crippen LogP contribution in [0.15, 0.2) is 23.5 Å². The molecule has 0 N–H and O–H groups in total. The Hall–Kier alpha value is -1.42. The fourth-order valence-corrected chi connectivity index (χ4v) is 2.75. The number of fused-ring (bicyclic) bond motifs is 1. The van der Waals surface area contributed by atoms with E-state index in [1.807, 2.05) is 12.4 Å². The summed E-state index contributed by atoms with van der Waals surface area (Å²) in [6, 6.07) is 2.14. The van der Waals surface area contributed by atoms with Crippen molar-refractivity contribution >= 4 is 27.3 Å². The highest BCUT2D eigenvalue weighted by Crippen LogP contribution is 2.28. The summed E-state index contributed by atoms with van der Waals surface area (Å²) in [6.45, 7) is 3.56. The van der Waals surface area contributed by atoms with Crippen molar-refractivity contribution in [2.24, 2.45) is 4.99 Å². The minimum Gasteiger partial charge on any atom is -0.475 e. The normalized spacial score (nSPS) is 15.4. The van der Waals surface area contributed by atoms with Crippen LogP contribution in [0.25, 0.3) is 10.1 Å². The summed E-state index contributed by atoms with van der Waals surface area (Å²) >= 11 is 1.69. The summed E-state index contributed by atoms with van der Waals surface area (Å²) in [5, 5.41) is 1.25. The second kappa shape index (κ2) is 3.31. The second-order valence-corrected chi connectivity index (χ2v) is 4.60. The van der Waals surface area contributed by atoms with E-state index in [1.165, 1.54) is 15.6 Å². The zero-order valence-corrected chi connectivity index (χ0v) is 9.17. The Labute approximate surface area is 91.4 Å². The summed E-state index contributed by atoms with van der Waals surface area (Å²) in [6.07, 6.45) is 3.78. The van der Waals surface area contributed by atoms with Gasteiger partial charge in [-0.05, 0) is 23.9 Å². The number of thiophene rings is 1. The Balaban J connectivity index is 2.18. The van der Waals surface area contributed by atoms with Gasteiger partial charge in [0.05, 0.1) is 16.1 Å². The van der Waals surface area contributed by atoms with E-state index in [2.05, 4.69) is 23.0 Å². The number of aliphatic imine (C=N–C) groups is 1. The van der Waals surface area contributed by atoms with Crippen LogP contribution in [0.3, 0.4) is 0 Å². The second-order valence-electron chi connectivity index (χ2n) is 3.51. The Morgan fingerprint density at radius 2 is 2.33 bits per heavy atom. The molecule has 15 heavy (non-hydrogen) atoms. The predicted molar refractivity (Wildman–Crippen MR) is 61.7 cm³/mol. The first kappa shape index (κ1) is 8.85. The van der Waals surface area contributed by atoms with Crippen molar-refractivity contribution in [2.75, 3.05) is 13.2 Å². The summed E-state index contributed by atoms with van der Waals surface area (Å²) in [5.41, 5.74) is 1.20. The Bertz CT molecular complexity index is 545. The lowest BCUT2D eigenvalue weighted by Crippen LogP contribution is -1.97. The predicted octanol–water partition coefficient (Wildman–Crippen LogP) is 2.38. The van der Waals surface area contributed by atoms with Crippen molar-refractivity contribution < 1.29 is 4.74 Å². The SMILES string of the molecule is Cc1cncc2sc(C3=NCCO3)cc12. The molecule has 3 heterocycles. The Morgan fingerprint density at radius 3 is 3.07 bits per heavy atom. The number of aromatic nitrogens is 1. The van der Waals surface area contributed by atoms with E-state index in [0.29, 0.717) is 6.61 Å². The largest absolute Gasteiger partial charge is 0.475 e. The number of ether oxygens (including phenoxy) is 1. The van der Waals surface area contributed by atoms with Gasteiger partial charge in [-0.1, -0.05) is 0 Å². The van der Waals surface area contributed by atoms with Crippen molar-refractivity contribution in [3.05, 3.63) is 28.9 Å². The first-order valence-electron chi connectivity index (χ1n) is 4.86. The van der Waals surface area contributed by atoms with E-state index in [4.69, 9.17) is 4.74 Å². The fourth-order valence-electron chi connectivity index (χ4n) is 1.69. The monoisotopic (exact) mass is 218 g/mol. The molecule has 0 radical (unpaired) electrons. The first-order valence-corrected chi connectivity index (χ1v) is 5.68. The molecule has 76 valence electrons. The third-order valence-corrected chi connectivity index (χ3v) is 3.50. The van der Waals surface area contributed by atoms with Gasteiger partial charge in [0.1, 0.15) is 6.61 Å². The maximum atomic E-state index is 5.45. The van der Waals surface area contributed by atoms with Crippen molar-refractivity contribution in [2.45, 2.75) is 6.92 Å². The minimum absolute atomic E-state index is 0.709. The lowest BCUT2D eigenvalue weighted by molar-refractivity contribution is 0.349. The van der Waals surface area contributed by atoms with Crippen molar-refractivity contribution in [1.29, 1.82) is 0 Å². The molecule has 0 atom stereocenters. The number of hydrogen-bond donors (Lipinski definition) is 0. The van der Waals surface area contributed by atoms with Crippen LogP contribution in [0.4, 0.5) is 0 Å². The summed E-state index contributed by atoms with van der Waals surface area (Å²) < 4.78 is 6.65. The molecular formula is C11H10N2OS. The van der Waals surface area contributed by atoms with E-state index >= 15 is 0 Å². The number of hydrogen-bond acceptors (Lipinski definition) is 4. The molecule has 0 aliphatic carbocycles. The number of pyridine rings is 1. The minimum atomic E-state index is 0.709. The molecule has 0 aromatic carbocycles. The van der Waals surface area contributed by atoms with Gasteiger partial charge in [-0.25, -0.2) is 4.99 Å². The molecule has 3 rings (SSSR count). The van der Waals surface area contributed by atoms with Gasteiger partial charge in [0.25, 0.3) is 0 Å². The van der Waals surface area contributed by atoms with Crippen LogP contribution in [0.5, 0.6) is 0 Å². The van der Waals surface area contributed by atoms with Gasteiger partial charge in [-0.15, -0.1) is 11.3 Å². The van der Waals surface area contributed by atoms with Gasteiger partial charge >= 0.3 is 0 Å². The molecule has 0 unspecified atom stereocenters.